The van der Waals surface area contributed by atoms with Crippen molar-refractivity contribution >= 4 is 40.7 Å². The quantitative estimate of drug-likeness (QED) is 0.623. The molecule has 1 aromatic carbocycles. The third-order valence-electron chi connectivity index (χ3n) is 3.39. The molecule has 1 atom stereocenters. The molecule has 0 N–H and O–H groups in total. The van der Waals surface area contributed by atoms with Crippen molar-refractivity contribution in [1.29, 1.82) is 0 Å². The summed E-state index contributed by atoms with van der Waals surface area (Å²) >= 11 is 11.7. The molecule has 0 aliphatic carbocycles. The maximum absolute atomic E-state index is 12.4. The number of amides is 1. The third-order valence-corrected chi connectivity index (χ3v) is 4.12. The fourth-order valence-electron chi connectivity index (χ4n) is 2.20. The number of benzene rings is 1. The molecule has 1 aromatic rings. The van der Waals surface area contributed by atoms with E-state index in [1.165, 1.54) is 30.0 Å². The van der Waals surface area contributed by atoms with E-state index in [-0.39, 0.29) is 35.5 Å². The second kappa shape index (κ2) is 5.94. The summed E-state index contributed by atoms with van der Waals surface area (Å²) in [6, 6.07) is 4.51. The second-order valence-corrected chi connectivity index (χ2v) is 5.54. The van der Waals surface area contributed by atoms with Gasteiger partial charge in [-0.2, -0.15) is 0 Å². The molecule has 2 rings (SSSR count). The number of ketones is 2. The first-order valence-corrected chi connectivity index (χ1v) is 6.93. The minimum absolute atomic E-state index is 0.132. The summed E-state index contributed by atoms with van der Waals surface area (Å²) in [6.45, 7) is 1.93. The Morgan fingerprint density at radius 1 is 1.25 bits per heavy atom. The van der Waals surface area contributed by atoms with E-state index < -0.39 is 5.92 Å². The lowest BCUT2D eigenvalue weighted by Gasteiger charge is -2.30. The van der Waals surface area contributed by atoms with Crippen LogP contribution in [0.3, 0.4) is 0 Å². The van der Waals surface area contributed by atoms with E-state index >= 15 is 0 Å². The van der Waals surface area contributed by atoms with Crippen molar-refractivity contribution in [3.63, 3.8) is 0 Å². The van der Waals surface area contributed by atoms with Crippen LogP contribution in [0.2, 0.25) is 10.0 Å². The van der Waals surface area contributed by atoms with Gasteiger partial charge < -0.3 is 4.90 Å². The van der Waals surface area contributed by atoms with Gasteiger partial charge >= 0.3 is 0 Å². The number of likely N-dealkylation sites (tertiary alicyclic amines) is 1. The van der Waals surface area contributed by atoms with Crippen LogP contribution in [0.4, 0.5) is 0 Å². The molecule has 0 saturated carbocycles. The lowest BCUT2D eigenvalue weighted by molar-refractivity contribution is -0.134. The molecule has 106 valence electrons. The van der Waals surface area contributed by atoms with Gasteiger partial charge in [0.1, 0.15) is 5.78 Å². The lowest BCUT2D eigenvalue weighted by Crippen LogP contribution is -2.46. The summed E-state index contributed by atoms with van der Waals surface area (Å²) in [4.78, 5) is 37.2. The number of nitrogens with zero attached hydrogens (tertiary/aromatic N) is 1. The summed E-state index contributed by atoms with van der Waals surface area (Å²) in [6.07, 6.45) is 0.206. The number of piperidine rings is 1. The Labute approximate surface area is 126 Å². The zero-order valence-corrected chi connectivity index (χ0v) is 12.4. The maximum Gasteiger partial charge on any atom is 0.219 e. The number of hydrogen-bond donors (Lipinski definition) is 0. The molecule has 20 heavy (non-hydrogen) atoms. The van der Waals surface area contributed by atoms with Crippen molar-refractivity contribution in [3.8, 4) is 0 Å². The highest BCUT2D eigenvalue weighted by molar-refractivity contribution is 6.42. The summed E-state index contributed by atoms with van der Waals surface area (Å²) in [7, 11) is 0. The Bertz CT molecular complexity index is 586. The van der Waals surface area contributed by atoms with Crippen molar-refractivity contribution in [2.75, 3.05) is 13.1 Å². The maximum atomic E-state index is 12.4. The van der Waals surface area contributed by atoms with Crippen molar-refractivity contribution in [2.45, 2.75) is 13.3 Å². The van der Waals surface area contributed by atoms with Crippen LogP contribution in [0.15, 0.2) is 18.2 Å². The first kappa shape index (κ1) is 15.0. The van der Waals surface area contributed by atoms with Crippen molar-refractivity contribution in [2.24, 2.45) is 5.92 Å². The van der Waals surface area contributed by atoms with Gasteiger partial charge in [-0.05, 0) is 18.2 Å². The van der Waals surface area contributed by atoms with Crippen LogP contribution in [0.25, 0.3) is 0 Å². The minimum Gasteiger partial charge on any atom is -0.341 e. The van der Waals surface area contributed by atoms with Gasteiger partial charge in [0.2, 0.25) is 5.91 Å². The van der Waals surface area contributed by atoms with Gasteiger partial charge in [-0.25, -0.2) is 0 Å². The predicted octanol–water partition coefficient (Wildman–Crippen LogP) is 2.61. The standard InChI is InChI=1S/C14H13Cl2NO3/c1-8(18)17-5-4-13(19)10(7-17)14(20)9-2-3-11(15)12(16)6-9/h2-3,6,10H,4-5,7H2,1H3. The highest BCUT2D eigenvalue weighted by Gasteiger charge is 2.34. The highest BCUT2D eigenvalue weighted by atomic mass is 35.5. The Hall–Kier alpha value is -1.39. The van der Waals surface area contributed by atoms with Crippen LogP contribution in [0.1, 0.15) is 23.7 Å². The number of carbonyl (C=O) groups is 3. The van der Waals surface area contributed by atoms with E-state index in [9.17, 15) is 14.4 Å². The van der Waals surface area contributed by atoms with Gasteiger partial charge in [0.05, 0.1) is 16.0 Å². The zero-order valence-electron chi connectivity index (χ0n) is 10.9. The molecule has 1 aliphatic rings. The number of hydrogen-bond acceptors (Lipinski definition) is 3. The van der Waals surface area contributed by atoms with Crippen LogP contribution in [-0.4, -0.2) is 35.5 Å². The van der Waals surface area contributed by atoms with E-state index in [1.54, 1.807) is 0 Å². The molecule has 0 aromatic heterocycles. The Balaban J connectivity index is 2.24. The van der Waals surface area contributed by atoms with E-state index in [0.717, 1.165) is 0 Å². The first-order chi connectivity index (χ1) is 9.40. The molecular formula is C14H13Cl2NO3. The molecule has 0 spiro atoms. The molecule has 0 radical (unpaired) electrons. The fraction of sp³-hybridized carbons (Fsp3) is 0.357. The molecule has 1 amide bonds. The van der Waals surface area contributed by atoms with Crippen LogP contribution >= 0.6 is 23.2 Å². The molecule has 1 unspecified atom stereocenters. The van der Waals surface area contributed by atoms with E-state index in [2.05, 4.69) is 0 Å². The number of Topliss-reactive ketones (excluding diaryl/α,β-unsaturated/α-hetero) is 2. The number of halogens is 2. The summed E-state index contributed by atoms with van der Waals surface area (Å²) in [5.74, 6) is -1.41. The largest absolute Gasteiger partial charge is 0.341 e. The smallest absolute Gasteiger partial charge is 0.219 e. The van der Waals surface area contributed by atoms with E-state index in [1.807, 2.05) is 0 Å². The highest BCUT2D eigenvalue weighted by Crippen LogP contribution is 2.25. The van der Waals surface area contributed by atoms with Gasteiger partial charge in [0.15, 0.2) is 5.78 Å². The first-order valence-electron chi connectivity index (χ1n) is 6.17. The topological polar surface area (TPSA) is 54.5 Å². The number of rotatable bonds is 2. The summed E-state index contributed by atoms with van der Waals surface area (Å²) < 4.78 is 0. The van der Waals surface area contributed by atoms with Crippen molar-refractivity contribution in [3.05, 3.63) is 33.8 Å². The van der Waals surface area contributed by atoms with Crippen LogP contribution in [0.5, 0.6) is 0 Å². The second-order valence-electron chi connectivity index (χ2n) is 4.73. The van der Waals surface area contributed by atoms with Gasteiger partial charge in [-0.1, -0.05) is 23.2 Å². The average Bonchev–Trinajstić information content (AvgIpc) is 2.41. The molecule has 0 bridgehead atoms. The van der Waals surface area contributed by atoms with E-state index in [0.29, 0.717) is 17.1 Å². The SMILES string of the molecule is CC(=O)N1CCC(=O)C(C(=O)c2ccc(Cl)c(Cl)c2)C1. The molecule has 4 nitrogen and oxygen atoms in total. The van der Waals surface area contributed by atoms with Gasteiger partial charge in [0, 0.05) is 32.0 Å². The summed E-state index contributed by atoms with van der Waals surface area (Å²) in [5.41, 5.74) is 0.336. The molecular weight excluding hydrogens is 301 g/mol. The summed E-state index contributed by atoms with van der Waals surface area (Å²) in [5, 5.41) is 0.618. The van der Waals surface area contributed by atoms with Crippen molar-refractivity contribution in [1.82, 2.24) is 4.90 Å². The van der Waals surface area contributed by atoms with Crippen molar-refractivity contribution < 1.29 is 14.4 Å². The van der Waals surface area contributed by atoms with Gasteiger partial charge in [-0.15, -0.1) is 0 Å². The van der Waals surface area contributed by atoms with Gasteiger partial charge in [-0.3, -0.25) is 14.4 Å². The Morgan fingerprint density at radius 3 is 2.55 bits per heavy atom. The van der Waals surface area contributed by atoms with E-state index in [4.69, 9.17) is 23.2 Å². The minimum atomic E-state index is -0.815. The molecule has 1 fully saturated rings. The normalized spacial score (nSPS) is 19.1. The van der Waals surface area contributed by atoms with Crippen LogP contribution in [-0.2, 0) is 9.59 Å². The zero-order chi connectivity index (χ0) is 14.9. The van der Waals surface area contributed by atoms with Gasteiger partial charge in [0.25, 0.3) is 0 Å². The Kier molecular flexibility index (Phi) is 4.45. The Morgan fingerprint density at radius 2 is 1.95 bits per heavy atom. The van der Waals surface area contributed by atoms with Crippen LogP contribution in [0, 0.1) is 5.92 Å². The monoisotopic (exact) mass is 313 g/mol. The lowest BCUT2D eigenvalue weighted by atomic mass is 9.89. The molecule has 1 aliphatic heterocycles. The van der Waals surface area contributed by atoms with Crippen LogP contribution < -0.4 is 0 Å². The third kappa shape index (κ3) is 3.02. The fourth-order valence-corrected chi connectivity index (χ4v) is 2.50. The average molecular weight is 314 g/mol. The number of carbonyl (C=O) groups excluding carboxylic acids is 3. The molecule has 1 heterocycles. The molecule has 1 saturated heterocycles. The predicted molar refractivity (Wildman–Crippen MR) is 76.2 cm³/mol. The molecule has 6 heteroatoms.